The van der Waals surface area contributed by atoms with Crippen molar-refractivity contribution >= 4 is 17.3 Å². The second kappa shape index (κ2) is 6.76. The molecule has 8 heteroatoms. The molecule has 2 aromatic rings. The molecule has 0 atom stereocenters. The maximum absolute atomic E-state index is 13.6. The summed E-state index contributed by atoms with van der Waals surface area (Å²) >= 11 is 0. The van der Waals surface area contributed by atoms with Gasteiger partial charge >= 0.3 is 0 Å². The summed E-state index contributed by atoms with van der Waals surface area (Å²) in [6, 6.07) is 5.67. The molecule has 1 amide bonds. The van der Waals surface area contributed by atoms with Crippen molar-refractivity contribution in [2.45, 2.75) is 6.54 Å². The summed E-state index contributed by atoms with van der Waals surface area (Å²) in [6.45, 7) is 2.94. The quantitative estimate of drug-likeness (QED) is 0.892. The SMILES string of the molecule is C=C1COc2cc(C(=O)Nc3cc(F)c(=O)n(CCF)c3)ccc2N1. The number of nitrogens with one attached hydrogen (secondary N) is 2. The van der Waals surface area contributed by atoms with Gasteiger partial charge in [0.1, 0.15) is 19.0 Å². The molecule has 0 radical (unpaired) electrons. The number of alkyl halides is 1. The van der Waals surface area contributed by atoms with E-state index < -0.39 is 24.0 Å². The number of pyridine rings is 1. The van der Waals surface area contributed by atoms with Gasteiger partial charge < -0.3 is 19.9 Å². The lowest BCUT2D eigenvalue weighted by molar-refractivity contribution is 0.102. The number of fused-ring (bicyclic) bond motifs is 1. The first-order chi connectivity index (χ1) is 12.0. The van der Waals surface area contributed by atoms with Crippen LogP contribution in [0.2, 0.25) is 0 Å². The Labute approximate surface area is 141 Å². The first kappa shape index (κ1) is 16.7. The standard InChI is InChI=1S/C17H15F2N3O3/c1-10-9-25-15-6-11(2-3-14(15)20-10)16(23)21-12-7-13(19)17(24)22(8-12)5-4-18/h2-3,6-8,20H,1,4-5,9H2,(H,21,23). The molecule has 0 aliphatic carbocycles. The number of halogens is 2. The van der Waals surface area contributed by atoms with E-state index in [1.165, 1.54) is 12.3 Å². The fraction of sp³-hybridized carbons (Fsp3) is 0.176. The number of amides is 1. The lowest BCUT2D eigenvalue weighted by Crippen LogP contribution is -2.25. The first-order valence-electron chi connectivity index (χ1n) is 7.47. The Balaban J connectivity index is 1.83. The molecule has 1 aromatic heterocycles. The molecule has 2 N–H and O–H groups in total. The van der Waals surface area contributed by atoms with Crippen molar-refractivity contribution in [2.75, 3.05) is 23.9 Å². The van der Waals surface area contributed by atoms with Gasteiger partial charge in [0.2, 0.25) is 0 Å². The summed E-state index contributed by atoms with van der Waals surface area (Å²) in [7, 11) is 0. The molecule has 0 unspecified atom stereocenters. The van der Waals surface area contributed by atoms with Crippen molar-refractivity contribution in [3.05, 3.63) is 64.5 Å². The van der Waals surface area contributed by atoms with Crippen LogP contribution >= 0.6 is 0 Å². The summed E-state index contributed by atoms with van der Waals surface area (Å²) in [6.07, 6.45) is 1.20. The molecule has 3 rings (SSSR count). The zero-order valence-corrected chi connectivity index (χ0v) is 13.1. The van der Waals surface area contributed by atoms with Crippen LogP contribution in [0, 0.1) is 5.82 Å². The highest BCUT2D eigenvalue weighted by molar-refractivity contribution is 6.04. The second-order valence-electron chi connectivity index (χ2n) is 5.45. The van der Waals surface area contributed by atoms with Crippen molar-refractivity contribution < 1.29 is 18.3 Å². The van der Waals surface area contributed by atoms with Crippen molar-refractivity contribution in [2.24, 2.45) is 0 Å². The van der Waals surface area contributed by atoms with Crippen LogP contribution in [-0.2, 0) is 6.54 Å². The second-order valence-corrected chi connectivity index (χ2v) is 5.45. The van der Waals surface area contributed by atoms with Crippen LogP contribution in [0.5, 0.6) is 5.75 Å². The molecule has 6 nitrogen and oxygen atoms in total. The molecular weight excluding hydrogens is 332 g/mol. The van der Waals surface area contributed by atoms with Crippen molar-refractivity contribution in [1.29, 1.82) is 0 Å². The lowest BCUT2D eigenvalue weighted by atomic mass is 10.1. The third-order valence-corrected chi connectivity index (χ3v) is 3.58. The fourth-order valence-electron chi connectivity index (χ4n) is 2.41. The van der Waals surface area contributed by atoms with E-state index in [-0.39, 0.29) is 24.4 Å². The van der Waals surface area contributed by atoms with Crippen molar-refractivity contribution in [3.8, 4) is 5.75 Å². The fourth-order valence-corrected chi connectivity index (χ4v) is 2.41. The minimum atomic E-state index is -1.07. The number of carbonyl (C=O) groups is 1. The topological polar surface area (TPSA) is 72.4 Å². The number of benzene rings is 1. The van der Waals surface area contributed by atoms with Crippen LogP contribution in [0.4, 0.5) is 20.2 Å². The van der Waals surface area contributed by atoms with E-state index in [4.69, 9.17) is 4.74 Å². The number of aromatic nitrogens is 1. The van der Waals surface area contributed by atoms with E-state index in [0.717, 1.165) is 10.6 Å². The number of anilines is 2. The summed E-state index contributed by atoms with van der Waals surface area (Å²) in [5.41, 5.74) is 0.798. The third-order valence-electron chi connectivity index (χ3n) is 3.58. The number of ether oxygens (including phenoxy) is 1. The summed E-state index contributed by atoms with van der Waals surface area (Å²) in [5.74, 6) is -1.09. The van der Waals surface area contributed by atoms with Crippen LogP contribution in [0.3, 0.4) is 0 Å². The molecule has 0 spiro atoms. The number of aryl methyl sites for hydroxylation is 1. The number of rotatable bonds is 4. The Kier molecular flexibility index (Phi) is 4.51. The van der Waals surface area contributed by atoms with Crippen molar-refractivity contribution in [1.82, 2.24) is 4.57 Å². The van der Waals surface area contributed by atoms with Crippen molar-refractivity contribution in [3.63, 3.8) is 0 Å². The van der Waals surface area contributed by atoms with Gasteiger partial charge in [-0.1, -0.05) is 6.58 Å². The molecule has 0 bridgehead atoms. The van der Waals surface area contributed by atoms with E-state index in [2.05, 4.69) is 17.2 Å². The van der Waals surface area contributed by atoms with Gasteiger partial charge in [-0.2, -0.15) is 0 Å². The van der Waals surface area contributed by atoms with E-state index in [0.29, 0.717) is 17.1 Å². The number of carbonyl (C=O) groups excluding carboxylic acids is 1. The molecule has 1 aromatic carbocycles. The molecule has 0 saturated heterocycles. The van der Waals surface area contributed by atoms with Gasteiger partial charge in [-0.25, -0.2) is 8.78 Å². The molecule has 1 aliphatic heterocycles. The van der Waals surface area contributed by atoms with Crippen LogP contribution in [0.25, 0.3) is 0 Å². The van der Waals surface area contributed by atoms with Gasteiger partial charge in [-0.05, 0) is 18.2 Å². The highest BCUT2D eigenvalue weighted by atomic mass is 19.1. The average Bonchev–Trinajstić information content (AvgIpc) is 2.59. The smallest absolute Gasteiger partial charge is 0.286 e. The third kappa shape index (κ3) is 3.52. The summed E-state index contributed by atoms with van der Waals surface area (Å²) in [5, 5.41) is 5.52. The normalized spacial score (nSPS) is 12.8. The molecule has 2 heterocycles. The Morgan fingerprint density at radius 3 is 2.96 bits per heavy atom. The Bertz CT molecular complexity index is 908. The minimum Gasteiger partial charge on any atom is -0.485 e. The molecule has 25 heavy (non-hydrogen) atoms. The Hall–Kier alpha value is -3.16. The van der Waals surface area contributed by atoms with E-state index in [1.54, 1.807) is 12.1 Å². The molecule has 0 fully saturated rings. The minimum absolute atomic E-state index is 0.0562. The van der Waals surface area contributed by atoms with E-state index in [9.17, 15) is 18.4 Å². The summed E-state index contributed by atoms with van der Waals surface area (Å²) < 4.78 is 32.4. The highest BCUT2D eigenvalue weighted by Gasteiger charge is 2.16. The molecular formula is C17H15F2N3O3. The van der Waals surface area contributed by atoms with Gasteiger partial charge in [0.15, 0.2) is 5.82 Å². The van der Waals surface area contributed by atoms with Gasteiger partial charge in [0.05, 0.1) is 17.9 Å². The van der Waals surface area contributed by atoms with Crippen LogP contribution < -0.4 is 20.9 Å². The molecule has 0 saturated carbocycles. The summed E-state index contributed by atoms with van der Waals surface area (Å²) in [4.78, 5) is 23.9. The maximum atomic E-state index is 13.6. The predicted molar refractivity (Wildman–Crippen MR) is 89.3 cm³/mol. The molecule has 1 aliphatic rings. The first-order valence-corrected chi connectivity index (χ1v) is 7.47. The number of hydrogen-bond donors (Lipinski definition) is 2. The average molecular weight is 347 g/mol. The largest absolute Gasteiger partial charge is 0.485 e. The predicted octanol–water partition coefficient (Wildman–Crippen LogP) is 2.53. The van der Waals surface area contributed by atoms with Crippen LogP contribution in [0.1, 0.15) is 10.4 Å². The zero-order valence-electron chi connectivity index (χ0n) is 13.1. The highest BCUT2D eigenvalue weighted by Crippen LogP contribution is 2.30. The van der Waals surface area contributed by atoms with Gasteiger partial charge in [0.25, 0.3) is 11.5 Å². The lowest BCUT2D eigenvalue weighted by Gasteiger charge is -2.21. The van der Waals surface area contributed by atoms with Crippen LogP contribution in [0.15, 0.2) is 47.5 Å². The van der Waals surface area contributed by atoms with Crippen LogP contribution in [-0.4, -0.2) is 23.8 Å². The maximum Gasteiger partial charge on any atom is 0.286 e. The Morgan fingerprint density at radius 1 is 1.40 bits per heavy atom. The molecule has 130 valence electrons. The van der Waals surface area contributed by atoms with Gasteiger partial charge in [-0.3, -0.25) is 9.59 Å². The van der Waals surface area contributed by atoms with Gasteiger partial charge in [-0.15, -0.1) is 0 Å². The number of nitrogens with zero attached hydrogens (tertiary/aromatic N) is 1. The van der Waals surface area contributed by atoms with Gasteiger partial charge in [0, 0.05) is 23.5 Å². The van der Waals surface area contributed by atoms with E-state index in [1.807, 2.05) is 0 Å². The van der Waals surface area contributed by atoms with E-state index >= 15 is 0 Å². The number of hydrogen-bond acceptors (Lipinski definition) is 4. The Morgan fingerprint density at radius 2 is 2.20 bits per heavy atom. The monoisotopic (exact) mass is 347 g/mol. The zero-order chi connectivity index (χ0) is 18.0.